The third-order valence-electron chi connectivity index (χ3n) is 5.40. The molecule has 1 aliphatic heterocycles. The number of hydrogen-bond donors (Lipinski definition) is 3. The maximum Gasteiger partial charge on any atom is 0.228 e. The maximum atomic E-state index is 12.4. The number of thioether (sulfide) groups is 1. The summed E-state index contributed by atoms with van der Waals surface area (Å²) >= 11 is 1.78. The third kappa shape index (κ3) is 4.44. The summed E-state index contributed by atoms with van der Waals surface area (Å²) in [5, 5.41) is 13.2. The predicted octanol–water partition coefficient (Wildman–Crippen LogP) is 2.49. The molecule has 2 atom stereocenters. The lowest BCUT2D eigenvalue weighted by molar-refractivity contribution is -0.120. The van der Waals surface area contributed by atoms with Crippen LogP contribution in [0.15, 0.2) is 12.5 Å². The van der Waals surface area contributed by atoms with Crippen molar-refractivity contribution in [1.29, 1.82) is 0 Å². The van der Waals surface area contributed by atoms with E-state index in [0.29, 0.717) is 18.3 Å². The number of aliphatic hydroxyl groups excluding tert-OH is 1. The molecule has 0 bridgehead atoms. The van der Waals surface area contributed by atoms with E-state index in [9.17, 15) is 9.90 Å². The average molecular weight is 392 g/mol. The number of aliphatic hydroxyl groups is 1. The van der Waals surface area contributed by atoms with Crippen molar-refractivity contribution >= 4 is 34.5 Å². The first-order chi connectivity index (χ1) is 13.1. The number of carbonyl (C=O) groups is 1. The molecule has 8 heteroatoms. The Morgan fingerprint density at radius 2 is 2.19 bits per heavy atom. The van der Waals surface area contributed by atoms with Crippen LogP contribution >= 0.6 is 11.8 Å². The number of H-pyrrole nitrogens is 1. The van der Waals surface area contributed by atoms with E-state index < -0.39 is 0 Å². The van der Waals surface area contributed by atoms with E-state index in [-0.39, 0.29) is 17.9 Å². The van der Waals surface area contributed by atoms with E-state index in [2.05, 4.69) is 31.4 Å². The van der Waals surface area contributed by atoms with Crippen molar-refractivity contribution in [2.24, 2.45) is 11.8 Å². The standard InChI is InChI=1S/C19H29N5O2S/c1-4-12(5-2)19(26)23-18-17-16(21-11-22-18)13(6-20-17)7-24-8-14(10-27-3)15(25)9-24/h6,11-12,14-15,20,25H,4-5,7-10H2,1-3H3,(H,21,22,23,26)/t14-,15?/m1/s1. The van der Waals surface area contributed by atoms with Gasteiger partial charge in [0.1, 0.15) is 11.8 Å². The molecule has 1 aliphatic rings. The topological polar surface area (TPSA) is 94.1 Å². The van der Waals surface area contributed by atoms with Crippen molar-refractivity contribution in [3.05, 3.63) is 18.1 Å². The Balaban J connectivity index is 1.75. The van der Waals surface area contributed by atoms with Crippen LogP contribution < -0.4 is 5.32 Å². The van der Waals surface area contributed by atoms with Gasteiger partial charge in [-0.3, -0.25) is 9.69 Å². The van der Waals surface area contributed by atoms with Crippen LogP contribution in [0.4, 0.5) is 5.82 Å². The van der Waals surface area contributed by atoms with Crippen molar-refractivity contribution in [3.8, 4) is 0 Å². The smallest absolute Gasteiger partial charge is 0.228 e. The largest absolute Gasteiger partial charge is 0.391 e. The first-order valence-corrected chi connectivity index (χ1v) is 11.0. The second-order valence-electron chi connectivity index (χ2n) is 7.24. The fraction of sp³-hybridized carbons (Fsp3) is 0.632. The SMILES string of the molecule is CCC(CC)C(=O)Nc1ncnc2c(CN3CC(O)[C@@H](CSC)C3)c[nH]c12. The van der Waals surface area contributed by atoms with Crippen LogP contribution in [-0.2, 0) is 11.3 Å². The highest BCUT2D eigenvalue weighted by atomic mass is 32.2. The van der Waals surface area contributed by atoms with Gasteiger partial charge in [0.15, 0.2) is 5.82 Å². The fourth-order valence-corrected chi connectivity index (χ4v) is 4.53. The molecule has 0 aliphatic carbocycles. The molecule has 1 amide bonds. The van der Waals surface area contributed by atoms with Crippen LogP contribution in [0.25, 0.3) is 11.0 Å². The second-order valence-corrected chi connectivity index (χ2v) is 8.15. The number of aromatic amines is 1. The average Bonchev–Trinajstić information content (AvgIpc) is 3.21. The first kappa shape index (κ1) is 20.1. The van der Waals surface area contributed by atoms with Crippen LogP contribution in [-0.4, -0.2) is 62.1 Å². The van der Waals surface area contributed by atoms with E-state index in [1.807, 2.05) is 20.0 Å². The molecule has 1 unspecified atom stereocenters. The number of aromatic nitrogens is 3. The minimum atomic E-state index is -0.271. The molecule has 3 rings (SSSR count). The number of nitrogens with one attached hydrogen (secondary N) is 2. The van der Waals surface area contributed by atoms with E-state index in [1.165, 1.54) is 6.33 Å². The van der Waals surface area contributed by atoms with E-state index in [4.69, 9.17) is 0 Å². The first-order valence-electron chi connectivity index (χ1n) is 9.58. The Morgan fingerprint density at radius 3 is 2.89 bits per heavy atom. The van der Waals surface area contributed by atoms with Crippen molar-refractivity contribution in [2.75, 3.05) is 30.4 Å². The summed E-state index contributed by atoms with van der Waals surface area (Å²) in [6.45, 7) is 6.33. The van der Waals surface area contributed by atoms with Crippen LogP contribution in [0.5, 0.6) is 0 Å². The van der Waals surface area contributed by atoms with Gasteiger partial charge in [0, 0.05) is 43.2 Å². The molecule has 0 saturated carbocycles. The number of hydrogen-bond acceptors (Lipinski definition) is 6. The zero-order valence-electron chi connectivity index (χ0n) is 16.2. The van der Waals surface area contributed by atoms with Crippen LogP contribution in [0.1, 0.15) is 32.3 Å². The van der Waals surface area contributed by atoms with Crippen molar-refractivity contribution in [3.63, 3.8) is 0 Å². The number of β-amino-alcohol motifs (C(OH)–C–C–N with tert-alkyl or cyclic N) is 1. The van der Waals surface area contributed by atoms with Crippen molar-refractivity contribution in [2.45, 2.75) is 39.3 Å². The molecule has 1 fully saturated rings. The van der Waals surface area contributed by atoms with Gasteiger partial charge in [-0.05, 0) is 24.9 Å². The summed E-state index contributed by atoms with van der Waals surface area (Å²) in [6.07, 6.45) is 6.84. The molecule has 3 N–H and O–H groups in total. The molecule has 0 radical (unpaired) electrons. The molecule has 1 saturated heterocycles. The lowest BCUT2D eigenvalue weighted by Gasteiger charge is -2.15. The summed E-state index contributed by atoms with van der Waals surface area (Å²) < 4.78 is 0. The Bertz CT molecular complexity index is 777. The van der Waals surface area contributed by atoms with Gasteiger partial charge in [-0.1, -0.05) is 13.8 Å². The number of nitrogens with zero attached hydrogens (tertiary/aromatic N) is 3. The molecule has 3 heterocycles. The van der Waals surface area contributed by atoms with Gasteiger partial charge in [0.2, 0.25) is 5.91 Å². The van der Waals surface area contributed by atoms with Crippen molar-refractivity contribution < 1.29 is 9.90 Å². The van der Waals surface area contributed by atoms with Gasteiger partial charge in [-0.2, -0.15) is 11.8 Å². The zero-order chi connectivity index (χ0) is 19.4. The number of amides is 1. The molecule has 148 valence electrons. The highest BCUT2D eigenvalue weighted by Gasteiger charge is 2.31. The lowest BCUT2D eigenvalue weighted by Crippen LogP contribution is -2.22. The molecule has 7 nitrogen and oxygen atoms in total. The van der Waals surface area contributed by atoms with Gasteiger partial charge in [-0.25, -0.2) is 9.97 Å². The van der Waals surface area contributed by atoms with E-state index >= 15 is 0 Å². The van der Waals surface area contributed by atoms with Crippen LogP contribution in [0.2, 0.25) is 0 Å². The quantitative estimate of drug-likeness (QED) is 0.640. The minimum Gasteiger partial charge on any atom is -0.391 e. The van der Waals surface area contributed by atoms with Gasteiger partial charge < -0.3 is 15.4 Å². The van der Waals surface area contributed by atoms with Crippen molar-refractivity contribution in [1.82, 2.24) is 19.9 Å². The fourth-order valence-electron chi connectivity index (χ4n) is 3.78. The molecular weight excluding hydrogens is 362 g/mol. The molecular formula is C19H29N5O2S. The number of likely N-dealkylation sites (tertiary alicyclic amines) is 1. The van der Waals surface area contributed by atoms with E-state index in [1.54, 1.807) is 11.8 Å². The van der Waals surface area contributed by atoms with Crippen LogP contribution in [0, 0.1) is 11.8 Å². The summed E-state index contributed by atoms with van der Waals surface area (Å²) in [4.78, 5) is 26.6. The normalized spacial score (nSPS) is 20.6. The summed E-state index contributed by atoms with van der Waals surface area (Å²) in [5.74, 6) is 1.81. The Kier molecular flexibility index (Phi) is 6.73. The van der Waals surface area contributed by atoms with Gasteiger partial charge in [-0.15, -0.1) is 0 Å². The van der Waals surface area contributed by atoms with Gasteiger partial charge in [0.05, 0.1) is 11.6 Å². The summed E-state index contributed by atoms with van der Waals surface area (Å²) in [6, 6.07) is 0. The third-order valence-corrected chi connectivity index (χ3v) is 6.16. The lowest BCUT2D eigenvalue weighted by atomic mass is 10.0. The molecule has 2 aromatic rings. The summed E-state index contributed by atoms with van der Waals surface area (Å²) in [5.41, 5.74) is 2.64. The summed E-state index contributed by atoms with van der Waals surface area (Å²) in [7, 11) is 0. The Morgan fingerprint density at radius 1 is 1.41 bits per heavy atom. The Labute approximate surface area is 164 Å². The van der Waals surface area contributed by atoms with E-state index in [0.717, 1.165) is 48.3 Å². The van der Waals surface area contributed by atoms with Crippen LogP contribution in [0.3, 0.4) is 0 Å². The number of carbonyl (C=O) groups excluding carboxylic acids is 1. The zero-order valence-corrected chi connectivity index (χ0v) is 17.1. The molecule has 27 heavy (non-hydrogen) atoms. The van der Waals surface area contributed by atoms with Gasteiger partial charge >= 0.3 is 0 Å². The highest BCUT2D eigenvalue weighted by Crippen LogP contribution is 2.26. The molecule has 2 aromatic heterocycles. The number of anilines is 1. The highest BCUT2D eigenvalue weighted by molar-refractivity contribution is 7.98. The maximum absolute atomic E-state index is 12.4. The predicted molar refractivity (Wildman–Crippen MR) is 110 cm³/mol. The number of rotatable bonds is 8. The second kappa shape index (κ2) is 9.03. The molecule has 0 aromatic carbocycles. The van der Waals surface area contributed by atoms with Gasteiger partial charge in [0.25, 0.3) is 0 Å². The minimum absolute atomic E-state index is 0.00118. The number of fused-ring (bicyclic) bond motifs is 1. The monoisotopic (exact) mass is 391 g/mol. The molecule has 0 spiro atoms. The Hall–Kier alpha value is -1.64.